The Labute approximate surface area is 117 Å². The van der Waals surface area contributed by atoms with Gasteiger partial charge in [-0.1, -0.05) is 0 Å². The predicted molar refractivity (Wildman–Crippen MR) is 71.7 cm³/mol. The van der Waals surface area contributed by atoms with Crippen LogP contribution >= 0.6 is 0 Å². The van der Waals surface area contributed by atoms with Crippen LogP contribution in [0.4, 0.5) is 0 Å². The minimum atomic E-state index is -0.107. The Hall–Kier alpha value is -2.22. The second-order valence-corrected chi connectivity index (χ2v) is 5.03. The lowest BCUT2D eigenvalue weighted by Crippen LogP contribution is -2.33. The van der Waals surface area contributed by atoms with Crippen molar-refractivity contribution in [3.05, 3.63) is 23.8 Å². The topological polar surface area (TPSA) is 62.6 Å². The fraction of sp³-hybridized carbons (Fsp3) is 0.467. The number of rotatable bonds is 3. The van der Waals surface area contributed by atoms with Crippen LogP contribution in [-0.4, -0.2) is 36.6 Å². The Morgan fingerprint density at radius 2 is 2.05 bits per heavy atom. The molecular formula is C15H16N2O3. The number of nitrogens with zero attached hydrogens (tertiary/aromatic N) is 2. The molecule has 3 rings (SSSR count). The number of amides is 1. The first-order valence-corrected chi connectivity index (χ1v) is 6.87. The molecule has 0 saturated heterocycles. The second-order valence-electron chi connectivity index (χ2n) is 5.03. The Balaban J connectivity index is 1.84. The average Bonchev–Trinajstić information content (AvgIpc) is 3.29. The normalized spacial score (nSPS) is 16.9. The largest absolute Gasteiger partial charge is 0.490 e. The Morgan fingerprint density at radius 1 is 1.30 bits per heavy atom. The molecule has 0 unspecified atom stereocenters. The van der Waals surface area contributed by atoms with Gasteiger partial charge in [-0.05, 0) is 31.0 Å². The van der Waals surface area contributed by atoms with Gasteiger partial charge in [-0.3, -0.25) is 4.79 Å². The van der Waals surface area contributed by atoms with E-state index in [-0.39, 0.29) is 18.5 Å². The van der Waals surface area contributed by atoms with Gasteiger partial charge in [-0.2, -0.15) is 5.26 Å². The molecule has 0 spiro atoms. The SMILES string of the molecule is N#CCN(C(=O)c1ccc2c(c1)OCCCO2)C1CC1. The minimum absolute atomic E-state index is 0.107. The average molecular weight is 272 g/mol. The van der Waals surface area contributed by atoms with Gasteiger partial charge in [-0.25, -0.2) is 0 Å². The number of carbonyl (C=O) groups is 1. The van der Waals surface area contributed by atoms with E-state index in [0.717, 1.165) is 19.3 Å². The molecule has 5 nitrogen and oxygen atoms in total. The summed E-state index contributed by atoms with van der Waals surface area (Å²) in [5.41, 5.74) is 0.552. The number of fused-ring (bicyclic) bond motifs is 1. The standard InChI is InChI=1S/C15H16N2O3/c16-6-7-17(12-3-4-12)15(18)11-2-5-13-14(10-11)20-9-1-8-19-13/h2,5,10,12H,1,3-4,7-9H2. The monoisotopic (exact) mass is 272 g/mol. The molecule has 1 aromatic carbocycles. The lowest BCUT2D eigenvalue weighted by Gasteiger charge is -2.19. The zero-order chi connectivity index (χ0) is 13.9. The fourth-order valence-corrected chi connectivity index (χ4v) is 2.29. The highest BCUT2D eigenvalue weighted by atomic mass is 16.5. The summed E-state index contributed by atoms with van der Waals surface area (Å²) in [6, 6.07) is 7.51. The molecule has 2 aliphatic rings. The van der Waals surface area contributed by atoms with Crippen molar-refractivity contribution in [2.45, 2.75) is 25.3 Å². The van der Waals surface area contributed by atoms with Gasteiger partial charge in [0.05, 0.1) is 19.3 Å². The van der Waals surface area contributed by atoms with Crippen molar-refractivity contribution >= 4 is 5.91 Å². The maximum atomic E-state index is 12.5. The van der Waals surface area contributed by atoms with Crippen molar-refractivity contribution in [2.75, 3.05) is 19.8 Å². The lowest BCUT2D eigenvalue weighted by molar-refractivity contribution is 0.0764. The van der Waals surface area contributed by atoms with E-state index in [1.807, 2.05) is 0 Å². The van der Waals surface area contributed by atoms with E-state index in [4.69, 9.17) is 14.7 Å². The first kappa shape index (κ1) is 12.8. The highest BCUT2D eigenvalue weighted by Crippen LogP contribution is 2.32. The van der Waals surface area contributed by atoms with E-state index in [2.05, 4.69) is 6.07 Å². The van der Waals surface area contributed by atoms with Crippen LogP contribution in [0.2, 0.25) is 0 Å². The summed E-state index contributed by atoms with van der Waals surface area (Å²) in [5, 5.41) is 8.85. The predicted octanol–water partition coefficient (Wildman–Crippen LogP) is 1.98. The van der Waals surface area contributed by atoms with Crippen LogP contribution in [0.5, 0.6) is 11.5 Å². The summed E-state index contributed by atoms with van der Waals surface area (Å²) < 4.78 is 11.1. The highest BCUT2D eigenvalue weighted by Gasteiger charge is 2.33. The van der Waals surface area contributed by atoms with Gasteiger partial charge in [0.1, 0.15) is 6.54 Å². The third kappa shape index (κ3) is 2.55. The summed E-state index contributed by atoms with van der Waals surface area (Å²) in [6.45, 7) is 1.36. The summed E-state index contributed by atoms with van der Waals surface area (Å²) in [4.78, 5) is 14.1. The number of hydrogen-bond donors (Lipinski definition) is 0. The van der Waals surface area contributed by atoms with Crippen molar-refractivity contribution in [2.24, 2.45) is 0 Å². The van der Waals surface area contributed by atoms with Gasteiger partial charge in [0.25, 0.3) is 5.91 Å². The van der Waals surface area contributed by atoms with Crippen molar-refractivity contribution in [3.63, 3.8) is 0 Å². The van der Waals surface area contributed by atoms with Crippen LogP contribution in [0.25, 0.3) is 0 Å². The van der Waals surface area contributed by atoms with E-state index < -0.39 is 0 Å². The van der Waals surface area contributed by atoms with Crippen molar-refractivity contribution in [1.82, 2.24) is 4.90 Å². The Kier molecular flexibility index (Phi) is 3.46. The second kappa shape index (κ2) is 5.41. The van der Waals surface area contributed by atoms with Crippen LogP contribution in [-0.2, 0) is 0 Å². The molecule has 1 saturated carbocycles. The highest BCUT2D eigenvalue weighted by molar-refractivity contribution is 5.95. The molecule has 0 radical (unpaired) electrons. The zero-order valence-electron chi connectivity index (χ0n) is 11.2. The lowest BCUT2D eigenvalue weighted by atomic mass is 10.1. The maximum absolute atomic E-state index is 12.5. The van der Waals surface area contributed by atoms with Crippen LogP contribution in [0, 0.1) is 11.3 Å². The Bertz CT molecular complexity index is 561. The van der Waals surface area contributed by atoms with Gasteiger partial charge >= 0.3 is 0 Å². The van der Waals surface area contributed by atoms with Gasteiger partial charge in [0, 0.05) is 18.0 Å². The smallest absolute Gasteiger partial charge is 0.255 e. The first-order valence-electron chi connectivity index (χ1n) is 6.87. The van der Waals surface area contributed by atoms with E-state index in [1.165, 1.54) is 0 Å². The van der Waals surface area contributed by atoms with Crippen molar-refractivity contribution < 1.29 is 14.3 Å². The molecule has 1 aliphatic carbocycles. The van der Waals surface area contributed by atoms with Gasteiger partial charge in [0.15, 0.2) is 11.5 Å². The van der Waals surface area contributed by atoms with Crippen LogP contribution in [0.15, 0.2) is 18.2 Å². The third-order valence-corrected chi connectivity index (χ3v) is 3.48. The summed E-state index contributed by atoms with van der Waals surface area (Å²) in [7, 11) is 0. The molecule has 0 bridgehead atoms. The third-order valence-electron chi connectivity index (χ3n) is 3.48. The Morgan fingerprint density at radius 3 is 2.75 bits per heavy atom. The molecule has 0 N–H and O–H groups in total. The molecule has 1 aromatic rings. The molecule has 0 aromatic heterocycles. The van der Waals surface area contributed by atoms with E-state index in [1.54, 1.807) is 23.1 Å². The zero-order valence-corrected chi connectivity index (χ0v) is 11.2. The van der Waals surface area contributed by atoms with Crippen LogP contribution in [0.3, 0.4) is 0 Å². The fourth-order valence-electron chi connectivity index (χ4n) is 2.29. The van der Waals surface area contributed by atoms with Gasteiger partial charge < -0.3 is 14.4 Å². The van der Waals surface area contributed by atoms with E-state index in [0.29, 0.717) is 30.3 Å². The van der Waals surface area contributed by atoms with Crippen molar-refractivity contribution in [3.8, 4) is 17.6 Å². The summed E-state index contributed by atoms with van der Waals surface area (Å²) in [6.07, 6.45) is 2.80. The number of ether oxygens (including phenoxy) is 2. The molecule has 1 aliphatic heterocycles. The quantitative estimate of drug-likeness (QED) is 0.789. The first-order chi connectivity index (χ1) is 9.79. The number of hydrogen-bond acceptors (Lipinski definition) is 4. The molecule has 1 amide bonds. The van der Waals surface area contributed by atoms with Gasteiger partial charge in [-0.15, -0.1) is 0 Å². The minimum Gasteiger partial charge on any atom is -0.490 e. The molecule has 5 heteroatoms. The van der Waals surface area contributed by atoms with Crippen molar-refractivity contribution in [1.29, 1.82) is 5.26 Å². The molecule has 1 heterocycles. The van der Waals surface area contributed by atoms with Gasteiger partial charge in [0.2, 0.25) is 0 Å². The molecular weight excluding hydrogens is 256 g/mol. The summed E-state index contributed by atoms with van der Waals surface area (Å²) >= 11 is 0. The molecule has 20 heavy (non-hydrogen) atoms. The van der Waals surface area contributed by atoms with Crippen LogP contribution < -0.4 is 9.47 Å². The number of carbonyl (C=O) groups excluding carboxylic acids is 1. The maximum Gasteiger partial charge on any atom is 0.255 e. The number of benzene rings is 1. The number of nitriles is 1. The summed E-state index contributed by atoms with van der Waals surface area (Å²) in [5.74, 6) is 1.18. The molecule has 104 valence electrons. The van der Waals surface area contributed by atoms with E-state index in [9.17, 15) is 4.79 Å². The molecule has 0 atom stereocenters. The molecule has 1 fully saturated rings. The van der Waals surface area contributed by atoms with E-state index >= 15 is 0 Å². The van der Waals surface area contributed by atoms with Crippen LogP contribution in [0.1, 0.15) is 29.6 Å².